The lowest BCUT2D eigenvalue weighted by atomic mass is 10.1. The van der Waals surface area contributed by atoms with Crippen molar-refractivity contribution in [3.63, 3.8) is 0 Å². The van der Waals surface area contributed by atoms with Gasteiger partial charge in [0.15, 0.2) is 0 Å². The fraction of sp³-hybridized carbons (Fsp3) is 0.765. The summed E-state index contributed by atoms with van der Waals surface area (Å²) in [7, 11) is 0. The van der Waals surface area contributed by atoms with Crippen LogP contribution in [0, 0.1) is 0 Å². The third-order valence-electron chi connectivity index (χ3n) is 3.78. The number of nitrogens with zero attached hydrogens (tertiary/aromatic N) is 1. The molecule has 1 aliphatic rings. The SMILES string of the molecule is CC(C)(C)NCCCCCN(Cc1ccco1)C1CC1. The van der Waals surface area contributed by atoms with Crippen molar-refractivity contribution in [2.24, 2.45) is 0 Å². The monoisotopic (exact) mass is 278 g/mol. The molecule has 1 N–H and O–H groups in total. The van der Waals surface area contributed by atoms with E-state index in [2.05, 4.69) is 37.1 Å². The lowest BCUT2D eigenvalue weighted by Gasteiger charge is -2.22. The molecule has 1 aromatic heterocycles. The van der Waals surface area contributed by atoms with Crippen LogP contribution < -0.4 is 5.32 Å². The molecule has 1 fully saturated rings. The molecule has 20 heavy (non-hydrogen) atoms. The van der Waals surface area contributed by atoms with E-state index in [0.29, 0.717) is 0 Å². The van der Waals surface area contributed by atoms with E-state index in [4.69, 9.17) is 4.42 Å². The van der Waals surface area contributed by atoms with Crippen LogP contribution in [0.15, 0.2) is 22.8 Å². The summed E-state index contributed by atoms with van der Waals surface area (Å²) in [5, 5.41) is 3.55. The normalized spacial score (nSPS) is 16.0. The third-order valence-corrected chi connectivity index (χ3v) is 3.78. The van der Waals surface area contributed by atoms with Gasteiger partial charge >= 0.3 is 0 Å². The van der Waals surface area contributed by atoms with E-state index >= 15 is 0 Å². The van der Waals surface area contributed by atoms with Gasteiger partial charge in [0.2, 0.25) is 0 Å². The van der Waals surface area contributed by atoms with Crippen molar-refractivity contribution in [1.82, 2.24) is 10.2 Å². The highest BCUT2D eigenvalue weighted by Gasteiger charge is 2.28. The molecule has 1 aliphatic carbocycles. The first kappa shape index (κ1) is 15.6. The number of unbranched alkanes of at least 4 members (excludes halogenated alkanes) is 2. The summed E-state index contributed by atoms with van der Waals surface area (Å²) < 4.78 is 5.47. The molecule has 1 heterocycles. The summed E-state index contributed by atoms with van der Waals surface area (Å²) in [6.45, 7) is 10.0. The van der Waals surface area contributed by atoms with Crippen molar-refractivity contribution in [2.45, 2.75) is 71.0 Å². The lowest BCUT2D eigenvalue weighted by Crippen LogP contribution is -2.36. The second kappa shape index (κ2) is 7.28. The van der Waals surface area contributed by atoms with Crippen LogP contribution in [0.1, 0.15) is 58.6 Å². The molecule has 2 rings (SSSR count). The Balaban J connectivity index is 1.58. The van der Waals surface area contributed by atoms with Crippen molar-refractivity contribution >= 4 is 0 Å². The maximum absolute atomic E-state index is 5.47. The highest BCUT2D eigenvalue weighted by atomic mass is 16.3. The van der Waals surface area contributed by atoms with Gasteiger partial charge < -0.3 is 9.73 Å². The zero-order chi connectivity index (χ0) is 14.4. The van der Waals surface area contributed by atoms with Gasteiger partial charge in [0.05, 0.1) is 12.8 Å². The average molecular weight is 278 g/mol. The summed E-state index contributed by atoms with van der Waals surface area (Å²) in [5.41, 5.74) is 0.249. The Morgan fingerprint density at radius 3 is 2.65 bits per heavy atom. The summed E-state index contributed by atoms with van der Waals surface area (Å²) in [6, 6.07) is 4.88. The smallest absolute Gasteiger partial charge is 0.117 e. The minimum absolute atomic E-state index is 0.249. The number of nitrogens with one attached hydrogen (secondary N) is 1. The molecule has 0 atom stereocenters. The van der Waals surface area contributed by atoms with Gasteiger partial charge in [-0.15, -0.1) is 0 Å². The number of hydrogen-bond donors (Lipinski definition) is 1. The lowest BCUT2D eigenvalue weighted by molar-refractivity contribution is 0.228. The molecule has 0 radical (unpaired) electrons. The first-order chi connectivity index (χ1) is 9.54. The first-order valence-electron chi connectivity index (χ1n) is 8.06. The molecule has 1 aromatic rings. The molecule has 0 aromatic carbocycles. The molecule has 3 nitrogen and oxygen atoms in total. The topological polar surface area (TPSA) is 28.4 Å². The van der Waals surface area contributed by atoms with Crippen molar-refractivity contribution in [2.75, 3.05) is 13.1 Å². The summed E-state index contributed by atoms with van der Waals surface area (Å²) in [5.74, 6) is 1.10. The zero-order valence-electron chi connectivity index (χ0n) is 13.3. The minimum atomic E-state index is 0.249. The first-order valence-corrected chi connectivity index (χ1v) is 8.06. The predicted molar refractivity (Wildman–Crippen MR) is 83.7 cm³/mol. The number of hydrogen-bond acceptors (Lipinski definition) is 3. The van der Waals surface area contributed by atoms with Crippen molar-refractivity contribution in [1.29, 1.82) is 0 Å². The second-order valence-corrected chi connectivity index (χ2v) is 7.02. The fourth-order valence-corrected chi connectivity index (χ4v) is 2.51. The van der Waals surface area contributed by atoms with Crippen molar-refractivity contribution in [3.8, 4) is 0 Å². The molecule has 0 saturated heterocycles. The Morgan fingerprint density at radius 2 is 2.05 bits per heavy atom. The molecule has 0 unspecified atom stereocenters. The van der Waals surface area contributed by atoms with Crippen LogP contribution >= 0.6 is 0 Å². The summed E-state index contributed by atoms with van der Waals surface area (Å²) in [4.78, 5) is 2.59. The quantitative estimate of drug-likeness (QED) is 0.696. The second-order valence-electron chi connectivity index (χ2n) is 7.02. The van der Waals surface area contributed by atoms with Gasteiger partial charge in [-0.2, -0.15) is 0 Å². The number of furan rings is 1. The van der Waals surface area contributed by atoms with E-state index in [-0.39, 0.29) is 5.54 Å². The molecule has 0 spiro atoms. The molecular formula is C17H30N2O. The van der Waals surface area contributed by atoms with Crippen molar-refractivity contribution < 1.29 is 4.42 Å². The Labute approximate surface area is 123 Å². The van der Waals surface area contributed by atoms with E-state index in [1.807, 2.05) is 6.07 Å². The summed E-state index contributed by atoms with van der Waals surface area (Å²) in [6.07, 6.45) is 8.39. The maximum atomic E-state index is 5.47. The van der Waals surface area contributed by atoms with Crippen LogP contribution in [-0.4, -0.2) is 29.6 Å². The van der Waals surface area contributed by atoms with E-state index in [1.54, 1.807) is 6.26 Å². The summed E-state index contributed by atoms with van der Waals surface area (Å²) >= 11 is 0. The van der Waals surface area contributed by atoms with E-state index in [9.17, 15) is 0 Å². The van der Waals surface area contributed by atoms with Gasteiger partial charge in [-0.3, -0.25) is 4.90 Å². The van der Waals surface area contributed by atoms with E-state index in [0.717, 1.165) is 24.9 Å². The van der Waals surface area contributed by atoms with Crippen LogP contribution in [0.5, 0.6) is 0 Å². The largest absolute Gasteiger partial charge is 0.468 e. The van der Waals surface area contributed by atoms with Crippen LogP contribution in [-0.2, 0) is 6.54 Å². The van der Waals surface area contributed by atoms with Crippen LogP contribution in [0.25, 0.3) is 0 Å². The highest BCUT2D eigenvalue weighted by molar-refractivity contribution is 4.99. The molecule has 114 valence electrons. The zero-order valence-corrected chi connectivity index (χ0v) is 13.3. The predicted octanol–water partition coefficient (Wildman–Crippen LogP) is 3.80. The van der Waals surface area contributed by atoms with Gasteiger partial charge in [-0.1, -0.05) is 6.42 Å². The van der Waals surface area contributed by atoms with Crippen molar-refractivity contribution in [3.05, 3.63) is 24.2 Å². The molecule has 0 aliphatic heterocycles. The highest BCUT2D eigenvalue weighted by Crippen LogP contribution is 2.28. The molecule has 0 bridgehead atoms. The molecular weight excluding hydrogens is 248 g/mol. The van der Waals surface area contributed by atoms with Gasteiger partial charge in [-0.05, 0) is 71.7 Å². The molecule has 1 saturated carbocycles. The third kappa shape index (κ3) is 6.10. The van der Waals surface area contributed by atoms with Crippen LogP contribution in [0.2, 0.25) is 0 Å². The molecule has 3 heteroatoms. The van der Waals surface area contributed by atoms with E-state index in [1.165, 1.54) is 38.6 Å². The van der Waals surface area contributed by atoms with E-state index < -0.39 is 0 Å². The average Bonchev–Trinajstić information content (AvgIpc) is 3.09. The molecule has 0 amide bonds. The fourth-order valence-electron chi connectivity index (χ4n) is 2.51. The van der Waals surface area contributed by atoms with Gasteiger partial charge in [0.1, 0.15) is 5.76 Å². The standard InChI is InChI=1S/C17H30N2O/c1-17(2,3)18-11-5-4-6-12-19(15-9-10-15)14-16-8-7-13-20-16/h7-8,13,15,18H,4-6,9-12,14H2,1-3H3. The van der Waals surface area contributed by atoms with Gasteiger partial charge in [0, 0.05) is 11.6 Å². The number of rotatable bonds is 9. The Kier molecular flexibility index (Phi) is 5.67. The van der Waals surface area contributed by atoms with Gasteiger partial charge in [0.25, 0.3) is 0 Å². The minimum Gasteiger partial charge on any atom is -0.468 e. The Morgan fingerprint density at radius 1 is 1.25 bits per heavy atom. The van der Waals surface area contributed by atoms with Crippen LogP contribution in [0.4, 0.5) is 0 Å². The maximum Gasteiger partial charge on any atom is 0.117 e. The Bertz CT molecular complexity index is 363. The van der Waals surface area contributed by atoms with Crippen LogP contribution in [0.3, 0.4) is 0 Å². The van der Waals surface area contributed by atoms with Gasteiger partial charge in [-0.25, -0.2) is 0 Å². The Hall–Kier alpha value is -0.800.